The van der Waals surface area contributed by atoms with Gasteiger partial charge in [0.15, 0.2) is 22.2 Å². The number of imidazole rings is 4. The van der Waals surface area contributed by atoms with Gasteiger partial charge in [-0.1, -0.05) is 93.2 Å². The standard InChI is InChI=1S/C31H32ClN3O4S.C29H28ClN3O4S.C22H23BrClNO3S.C15H21BN2O3.C9H9BrN2O/c1-8-38-29(36)26(39-31(3,4)5)24-17(2)15-21-27(25(24)18-9-12-20(32)13-10-18)40-28(33-21)19-11-14-22-23(16-19)35(7)30(37)34(22)6;1-15-13-19-25(38-26(31-19)17-9-12-20-21(14-17)33(6)28(36)32(20)5)23(16-7-10-18(30)11-8-16)22(15)24(27(34)35)37-29(2,3)4;1-6-27-20(26)18(28-22(3,4)5)16-12(2)11-15-19(29-21(23)25-15)17(16)13-7-9-14(24)10-8-13;1-14(2)15(3,4)21-16(20-14)10-7-8-11-12(9-10)18(6)13(19)17(11)5;1-11-7-4-3-6(10)5-8(7)12(2)9(11)13/h9-16,26H,8H2,1-7H3;7-14,24H,1-6H3,(H,34,35);7-11,18H,6H2,1-5H3;7-9H,1-6H3;3-5H,1-2H3/t26-;24-;18-;;/m000../s1. The summed E-state index contributed by atoms with van der Waals surface area (Å²) in [5.74, 6) is -1.89. The van der Waals surface area contributed by atoms with Gasteiger partial charge < -0.3 is 38.1 Å². The van der Waals surface area contributed by atoms with E-state index in [9.17, 15) is 38.7 Å². The molecule has 141 heavy (non-hydrogen) atoms. The number of aromatic nitrogens is 11. The minimum absolute atomic E-state index is 0.00750. The van der Waals surface area contributed by atoms with Gasteiger partial charge in [-0.05, 0) is 301 Å². The van der Waals surface area contributed by atoms with Crippen LogP contribution in [-0.4, -0.2) is 123 Å². The van der Waals surface area contributed by atoms with Crippen molar-refractivity contribution in [3.05, 3.63) is 263 Å². The number of aryl methyl sites for hydroxylation is 11. The number of benzene rings is 10. The van der Waals surface area contributed by atoms with Gasteiger partial charge in [-0.2, -0.15) is 0 Å². The summed E-state index contributed by atoms with van der Waals surface area (Å²) in [6, 6.07) is 51.9. The number of carbonyl (C=O) groups excluding carboxylic acids is 2. The second kappa shape index (κ2) is 41.4. The molecule has 1 aliphatic rings. The summed E-state index contributed by atoms with van der Waals surface area (Å²) in [7, 11) is 13.7. The van der Waals surface area contributed by atoms with Crippen molar-refractivity contribution in [2.75, 3.05) is 13.2 Å². The summed E-state index contributed by atoms with van der Waals surface area (Å²) in [6.07, 6.45) is -2.97. The largest absolute Gasteiger partial charge is 0.494 e. The fraction of sp³-hybridized carbons (Fsp3) is 0.340. The Balaban J connectivity index is 0.000000146. The maximum Gasteiger partial charge on any atom is 0.494 e. The van der Waals surface area contributed by atoms with Crippen LogP contribution in [0.2, 0.25) is 15.1 Å². The molecule has 0 amide bonds. The number of fused-ring (bicyclic) bond motifs is 7. The van der Waals surface area contributed by atoms with Gasteiger partial charge in [0.1, 0.15) is 10.0 Å². The lowest BCUT2D eigenvalue weighted by Gasteiger charge is -2.32. The van der Waals surface area contributed by atoms with Crippen molar-refractivity contribution < 1.29 is 52.5 Å². The van der Waals surface area contributed by atoms with Gasteiger partial charge in [-0.15, -0.1) is 34.0 Å². The third-order valence-electron chi connectivity index (χ3n) is 24.7. The Morgan fingerprint density at radius 2 is 0.681 bits per heavy atom. The lowest BCUT2D eigenvalue weighted by Crippen LogP contribution is -2.41. The van der Waals surface area contributed by atoms with E-state index in [1.807, 2.05) is 262 Å². The van der Waals surface area contributed by atoms with E-state index in [1.165, 1.54) is 34.0 Å². The molecular weight excluding hydrogens is 2040 g/mol. The minimum Gasteiger partial charge on any atom is -0.479 e. The van der Waals surface area contributed by atoms with Gasteiger partial charge >= 0.3 is 47.8 Å². The van der Waals surface area contributed by atoms with Crippen LogP contribution in [0.5, 0.6) is 0 Å². The Kier molecular flexibility index (Phi) is 31.1. The van der Waals surface area contributed by atoms with E-state index in [0.29, 0.717) is 20.6 Å². The Labute approximate surface area is 860 Å². The summed E-state index contributed by atoms with van der Waals surface area (Å²) in [4.78, 5) is 102. The molecule has 18 rings (SSSR count). The maximum absolute atomic E-state index is 13.3. The molecule has 0 radical (unpaired) electrons. The molecule has 0 saturated carbocycles. The smallest absolute Gasteiger partial charge is 0.479 e. The quantitative estimate of drug-likeness (QED) is 0.0655. The monoisotopic (exact) mass is 2150 g/mol. The van der Waals surface area contributed by atoms with Crippen LogP contribution in [0.4, 0.5) is 0 Å². The van der Waals surface area contributed by atoms with Crippen molar-refractivity contribution in [1.29, 1.82) is 0 Å². The number of esters is 2. The van der Waals surface area contributed by atoms with Crippen molar-refractivity contribution in [2.24, 2.45) is 56.4 Å². The van der Waals surface area contributed by atoms with E-state index in [1.54, 1.807) is 119 Å². The zero-order valence-electron chi connectivity index (χ0n) is 83.5. The fourth-order valence-corrected chi connectivity index (χ4v) is 21.7. The molecule has 26 nitrogen and oxygen atoms in total. The summed E-state index contributed by atoms with van der Waals surface area (Å²) < 4.78 is 59.3. The van der Waals surface area contributed by atoms with Crippen molar-refractivity contribution in [2.45, 2.75) is 171 Å². The first-order valence-corrected chi connectivity index (χ1v) is 50.8. The van der Waals surface area contributed by atoms with Crippen LogP contribution in [0.15, 0.2) is 191 Å². The molecule has 1 saturated heterocycles. The Morgan fingerprint density at radius 3 is 1.01 bits per heavy atom. The summed E-state index contributed by atoms with van der Waals surface area (Å²) >= 11 is 30.0. The summed E-state index contributed by atoms with van der Waals surface area (Å²) in [6.45, 7) is 35.2. The highest BCUT2D eigenvalue weighted by atomic mass is 79.9. The molecule has 35 heteroatoms. The van der Waals surface area contributed by atoms with Crippen LogP contribution in [0.1, 0.15) is 156 Å². The van der Waals surface area contributed by atoms with Crippen LogP contribution in [-0.2, 0) is 104 Å². The van der Waals surface area contributed by atoms with Gasteiger partial charge in [-0.25, -0.2) is 48.5 Å². The number of carboxylic acids is 1. The predicted octanol–water partition coefficient (Wildman–Crippen LogP) is 23.8. The number of carbonyl (C=O) groups is 3. The number of thiazole rings is 3. The van der Waals surface area contributed by atoms with Crippen molar-refractivity contribution in [1.82, 2.24) is 51.5 Å². The first-order valence-electron chi connectivity index (χ1n) is 45.6. The molecule has 0 aliphatic carbocycles. The molecule has 0 unspecified atom stereocenters. The zero-order chi connectivity index (χ0) is 103. The van der Waals surface area contributed by atoms with E-state index in [-0.39, 0.29) is 47.2 Å². The average molecular weight is 2150 g/mol. The van der Waals surface area contributed by atoms with Crippen molar-refractivity contribution >= 4 is 206 Å². The zero-order valence-corrected chi connectivity index (χ0v) is 91.4. The SMILES string of the molecule is CCOC(=O)[C@@H](OC(C)(C)C)c1c(C)cc2nc(-c3ccc4c(c3)n(C)c(=O)n4C)sc2c1-c1ccc(Cl)cc1.CCOC(=O)[C@@H](OC(C)(C)C)c1c(C)cc2nc(Br)sc2c1-c1ccc(Cl)cc1.Cc1cc2nc(-c3ccc4c(c3)n(C)c(=O)n4C)sc2c(-c2ccc(Cl)cc2)c1[C@H](OC(C)(C)C)C(=O)O.Cn1c(=O)n(C)c2cc(B3OC(C)(C)C(C)(C)O3)ccc21.Cn1c(=O)n(C)c2cc(Br)ccc21. The molecule has 1 N–H and O–H groups in total. The lowest BCUT2D eigenvalue weighted by molar-refractivity contribution is -0.167. The normalized spacial score (nSPS) is 13.8. The highest BCUT2D eigenvalue weighted by Gasteiger charge is 2.52. The van der Waals surface area contributed by atoms with E-state index < -0.39 is 60.1 Å². The van der Waals surface area contributed by atoms with E-state index in [0.717, 1.165) is 171 Å². The highest BCUT2D eigenvalue weighted by molar-refractivity contribution is 9.11. The summed E-state index contributed by atoms with van der Waals surface area (Å²) in [5, 5.41) is 13.7. The molecule has 1 fully saturated rings. The number of hydrogen-bond donors (Lipinski definition) is 1. The van der Waals surface area contributed by atoms with Crippen molar-refractivity contribution in [3.63, 3.8) is 0 Å². The maximum atomic E-state index is 13.3. The molecule has 1 aliphatic heterocycles. The summed E-state index contributed by atoms with van der Waals surface area (Å²) in [5.41, 5.74) is 19.4. The van der Waals surface area contributed by atoms with Crippen LogP contribution in [0.25, 0.3) is 129 Å². The topological polar surface area (TPSA) is 282 Å². The number of nitrogens with zero attached hydrogens (tertiary/aromatic N) is 11. The molecule has 8 heterocycles. The first-order chi connectivity index (χ1) is 66.1. The lowest BCUT2D eigenvalue weighted by atomic mass is 9.79. The highest BCUT2D eigenvalue weighted by Crippen LogP contribution is 2.50. The average Bonchev–Trinajstić information content (AvgIpc) is 1.28. The molecule has 17 aromatic rings. The van der Waals surface area contributed by atoms with Gasteiger partial charge in [0.2, 0.25) is 0 Å². The van der Waals surface area contributed by atoms with Crippen LogP contribution in [0.3, 0.4) is 0 Å². The molecule has 0 bridgehead atoms. The Hall–Kier alpha value is -10.9. The molecule has 7 aromatic heterocycles. The molecule has 0 spiro atoms. The molecule has 738 valence electrons. The number of aliphatic carboxylic acids is 1. The molecule has 3 atom stereocenters. The third-order valence-corrected chi connectivity index (χ3v) is 29.7. The van der Waals surface area contributed by atoms with Crippen LogP contribution >= 0.6 is 101 Å². The van der Waals surface area contributed by atoms with E-state index in [4.69, 9.17) is 77.8 Å². The van der Waals surface area contributed by atoms with Gasteiger partial charge in [0.05, 0.1) is 116 Å². The van der Waals surface area contributed by atoms with Gasteiger partial charge in [0, 0.05) is 120 Å². The van der Waals surface area contributed by atoms with E-state index >= 15 is 0 Å². The minimum atomic E-state index is -1.18. The van der Waals surface area contributed by atoms with Crippen LogP contribution in [0, 0.1) is 20.8 Å². The Bertz CT molecular complexity index is 7980. The van der Waals surface area contributed by atoms with Gasteiger partial charge in [0.25, 0.3) is 0 Å². The predicted molar refractivity (Wildman–Crippen MR) is 578 cm³/mol. The van der Waals surface area contributed by atoms with Crippen molar-refractivity contribution in [3.8, 4) is 54.5 Å². The van der Waals surface area contributed by atoms with Gasteiger partial charge in [-0.3, -0.25) is 36.5 Å². The number of ether oxygens (including phenoxy) is 5. The number of hydrogen-bond acceptors (Lipinski definition) is 20. The first kappa shape index (κ1) is 106. The fourth-order valence-electron chi connectivity index (χ4n) is 17.2. The Morgan fingerprint density at radius 1 is 0.397 bits per heavy atom. The third kappa shape index (κ3) is 22.1. The van der Waals surface area contributed by atoms with Crippen LogP contribution < -0.4 is 28.2 Å². The molecular formula is C106H113BBr2Cl3N11O15S3. The molecule has 10 aromatic carbocycles. The van der Waals surface area contributed by atoms with E-state index in [2.05, 4.69) is 36.8 Å². The number of rotatable bonds is 17. The second-order valence-corrected chi connectivity index (χ2v) is 45.2. The number of carboxylic acid groups (broad SMARTS) is 1. The number of halogens is 5. The second-order valence-electron chi connectivity index (χ2n) is 38.7.